The SMILES string of the molecule is Cc1cc(F)ccc1-c1ccc(C(=O)N2CCC(C(=O)O)C2)cc1F. The molecule has 1 N–H and O–H groups in total. The van der Waals surface area contributed by atoms with Crippen LogP contribution in [-0.4, -0.2) is 35.0 Å². The zero-order valence-electron chi connectivity index (χ0n) is 13.6. The van der Waals surface area contributed by atoms with Gasteiger partial charge in [0.1, 0.15) is 11.6 Å². The van der Waals surface area contributed by atoms with Crippen LogP contribution in [0, 0.1) is 24.5 Å². The Morgan fingerprint density at radius 3 is 2.44 bits per heavy atom. The second-order valence-corrected chi connectivity index (χ2v) is 6.23. The lowest BCUT2D eigenvalue weighted by Crippen LogP contribution is -2.30. The summed E-state index contributed by atoms with van der Waals surface area (Å²) in [5.74, 6) is -2.85. The van der Waals surface area contributed by atoms with Crippen LogP contribution in [-0.2, 0) is 4.79 Å². The minimum absolute atomic E-state index is 0.134. The highest BCUT2D eigenvalue weighted by Crippen LogP contribution is 2.28. The minimum atomic E-state index is -0.927. The summed E-state index contributed by atoms with van der Waals surface area (Å²) in [6.45, 7) is 2.16. The number of carboxylic acid groups (broad SMARTS) is 1. The zero-order chi connectivity index (χ0) is 18.1. The lowest BCUT2D eigenvalue weighted by molar-refractivity contribution is -0.141. The quantitative estimate of drug-likeness (QED) is 0.926. The summed E-state index contributed by atoms with van der Waals surface area (Å²) in [7, 11) is 0. The number of hydrogen-bond acceptors (Lipinski definition) is 2. The van der Waals surface area contributed by atoms with Gasteiger partial charge in [0.15, 0.2) is 0 Å². The van der Waals surface area contributed by atoms with E-state index in [-0.39, 0.29) is 18.0 Å². The third-order valence-corrected chi connectivity index (χ3v) is 4.52. The molecule has 0 aromatic heterocycles. The first-order valence-electron chi connectivity index (χ1n) is 7.95. The Morgan fingerprint density at radius 2 is 1.84 bits per heavy atom. The third-order valence-electron chi connectivity index (χ3n) is 4.52. The number of carbonyl (C=O) groups is 2. The van der Waals surface area contributed by atoms with Crippen molar-refractivity contribution in [1.82, 2.24) is 4.90 Å². The van der Waals surface area contributed by atoms with Crippen molar-refractivity contribution in [1.29, 1.82) is 0 Å². The van der Waals surface area contributed by atoms with Crippen LogP contribution >= 0.6 is 0 Å². The molecule has 130 valence electrons. The molecule has 1 fully saturated rings. The molecule has 1 aliphatic heterocycles. The summed E-state index contributed by atoms with van der Waals surface area (Å²) < 4.78 is 27.7. The van der Waals surface area contributed by atoms with E-state index < -0.39 is 23.5 Å². The number of hydrogen-bond donors (Lipinski definition) is 1. The van der Waals surface area contributed by atoms with Gasteiger partial charge in [0.05, 0.1) is 5.92 Å². The van der Waals surface area contributed by atoms with Gasteiger partial charge in [-0.1, -0.05) is 12.1 Å². The van der Waals surface area contributed by atoms with Crippen LogP contribution in [0.3, 0.4) is 0 Å². The Labute approximate surface area is 143 Å². The molecule has 1 heterocycles. The highest BCUT2D eigenvalue weighted by Gasteiger charge is 2.31. The van der Waals surface area contributed by atoms with Crippen molar-refractivity contribution in [3.05, 3.63) is 59.2 Å². The summed E-state index contributed by atoms with van der Waals surface area (Å²) in [4.78, 5) is 24.9. The highest BCUT2D eigenvalue weighted by molar-refractivity contribution is 5.95. The van der Waals surface area contributed by atoms with Gasteiger partial charge in [-0.3, -0.25) is 9.59 Å². The maximum Gasteiger partial charge on any atom is 0.308 e. The molecule has 3 rings (SSSR count). The number of benzene rings is 2. The maximum atomic E-state index is 14.5. The topological polar surface area (TPSA) is 57.6 Å². The molecule has 1 unspecified atom stereocenters. The molecule has 1 amide bonds. The van der Waals surface area contributed by atoms with Crippen LogP contribution in [0.1, 0.15) is 22.3 Å². The molecule has 0 aliphatic carbocycles. The van der Waals surface area contributed by atoms with Crippen LogP contribution in [0.5, 0.6) is 0 Å². The van der Waals surface area contributed by atoms with E-state index >= 15 is 0 Å². The summed E-state index contributed by atoms with van der Waals surface area (Å²) in [6.07, 6.45) is 0.399. The first-order valence-corrected chi connectivity index (χ1v) is 7.95. The highest BCUT2D eigenvalue weighted by atomic mass is 19.1. The average Bonchev–Trinajstić information content (AvgIpc) is 3.05. The molecule has 25 heavy (non-hydrogen) atoms. The van der Waals surface area contributed by atoms with E-state index in [0.29, 0.717) is 29.7 Å². The van der Waals surface area contributed by atoms with E-state index in [9.17, 15) is 18.4 Å². The second kappa shape index (κ2) is 6.63. The van der Waals surface area contributed by atoms with Crippen molar-refractivity contribution in [3.63, 3.8) is 0 Å². The lowest BCUT2D eigenvalue weighted by atomic mass is 9.98. The zero-order valence-corrected chi connectivity index (χ0v) is 13.6. The summed E-state index contributed by atoms with van der Waals surface area (Å²) in [5.41, 5.74) is 1.62. The largest absolute Gasteiger partial charge is 0.481 e. The van der Waals surface area contributed by atoms with Crippen LogP contribution in [0.25, 0.3) is 11.1 Å². The molecule has 1 atom stereocenters. The number of amides is 1. The van der Waals surface area contributed by atoms with Crippen molar-refractivity contribution in [2.24, 2.45) is 5.92 Å². The van der Waals surface area contributed by atoms with Crippen LogP contribution in [0.2, 0.25) is 0 Å². The van der Waals surface area contributed by atoms with Crippen LogP contribution in [0.4, 0.5) is 8.78 Å². The minimum Gasteiger partial charge on any atom is -0.481 e. The first-order chi connectivity index (χ1) is 11.9. The van der Waals surface area contributed by atoms with Crippen LogP contribution in [0.15, 0.2) is 36.4 Å². The van der Waals surface area contributed by atoms with E-state index in [1.807, 2.05) is 0 Å². The van der Waals surface area contributed by atoms with Gasteiger partial charge in [-0.2, -0.15) is 0 Å². The predicted molar refractivity (Wildman–Crippen MR) is 88.2 cm³/mol. The fraction of sp³-hybridized carbons (Fsp3) is 0.263. The molecule has 0 bridgehead atoms. The van der Waals surface area contributed by atoms with E-state index in [1.54, 1.807) is 6.92 Å². The number of aliphatic carboxylic acids is 1. The first kappa shape index (κ1) is 17.1. The van der Waals surface area contributed by atoms with Gasteiger partial charge in [0.2, 0.25) is 0 Å². The molecule has 6 heteroatoms. The van der Waals surface area contributed by atoms with Gasteiger partial charge in [-0.25, -0.2) is 8.78 Å². The van der Waals surface area contributed by atoms with Crippen molar-refractivity contribution in [2.75, 3.05) is 13.1 Å². The predicted octanol–water partition coefficient (Wildman–Crippen LogP) is 3.49. The smallest absolute Gasteiger partial charge is 0.308 e. The van der Waals surface area contributed by atoms with Crippen LogP contribution < -0.4 is 0 Å². The van der Waals surface area contributed by atoms with Gasteiger partial charge < -0.3 is 10.0 Å². The number of likely N-dealkylation sites (tertiary alicyclic amines) is 1. The molecule has 1 aliphatic rings. The average molecular weight is 345 g/mol. The lowest BCUT2D eigenvalue weighted by Gasteiger charge is -2.16. The van der Waals surface area contributed by atoms with Gasteiger partial charge in [-0.15, -0.1) is 0 Å². The third kappa shape index (κ3) is 3.38. The molecule has 0 saturated carbocycles. The normalized spacial score (nSPS) is 16.9. The maximum absolute atomic E-state index is 14.5. The van der Waals surface area contributed by atoms with Crippen molar-refractivity contribution >= 4 is 11.9 Å². The molecule has 2 aromatic rings. The molecule has 0 spiro atoms. The molecule has 1 saturated heterocycles. The Hall–Kier alpha value is -2.76. The number of nitrogens with zero attached hydrogens (tertiary/aromatic N) is 1. The molecule has 0 radical (unpaired) electrons. The van der Waals surface area contributed by atoms with E-state index in [2.05, 4.69) is 0 Å². The van der Waals surface area contributed by atoms with Crippen molar-refractivity contribution in [3.8, 4) is 11.1 Å². The molecular weight excluding hydrogens is 328 g/mol. The van der Waals surface area contributed by atoms with E-state index in [4.69, 9.17) is 5.11 Å². The monoisotopic (exact) mass is 345 g/mol. The molecule has 4 nitrogen and oxygen atoms in total. The van der Waals surface area contributed by atoms with Crippen molar-refractivity contribution in [2.45, 2.75) is 13.3 Å². The second-order valence-electron chi connectivity index (χ2n) is 6.23. The number of aryl methyl sites for hydroxylation is 1. The van der Waals surface area contributed by atoms with Gasteiger partial charge >= 0.3 is 5.97 Å². The summed E-state index contributed by atoms with van der Waals surface area (Å²) >= 11 is 0. The Balaban J connectivity index is 1.85. The Bertz CT molecular complexity index is 851. The standard InChI is InChI=1S/C19H17F2NO3/c1-11-8-14(20)3-5-15(11)16-4-2-12(9-17(16)21)18(23)22-7-6-13(10-22)19(24)25/h2-5,8-9,13H,6-7,10H2,1H3,(H,24,25). The number of halogens is 2. The Kier molecular flexibility index (Phi) is 4.53. The Morgan fingerprint density at radius 1 is 1.12 bits per heavy atom. The molecular formula is C19H17F2NO3. The van der Waals surface area contributed by atoms with Gasteiger partial charge in [0, 0.05) is 24.2 Å². The van der Waals surface area contributed by atoms with E-state index in [0.717, 1.165) is 6.07 Å². The fourth-order valence-electron chi connectivity index (χ4n) is 3.12. The van der Waals surface area contributed by atoms with E-state index in [1.165, 1.54) is 35.2 Å². The summed E-state index contributed by atoms with van der Waals surface area (Å²) in [5, 5.41) is 9.01. The van der Waals surface area contributed by atoms with Gasteiger partial charge in [0.25, 0.3) is 5.91 Å². The van der Waals surface area contributed by atoms with Gasteiger partial charge in [-0.05, 0) is 48.7 Å². The number of carboxylic acids is 1. The number of rotatable bonds is 3. The fourth-order valence-corrected chi connectivity index (χ4v) is 3.12. The van der Waals surface area contributed by atoms with Crippen molar-refractivity contribution < 1.29 is 23.5 Å². The molecule has 2 aromatic carbocycles. The number of carbonyl (C=O) groups excluding carboxylic acids is 1. The summed E-state index contributed by atoms with van der Waals surface area (Å²) in [6, 6.07) is 8.24.